The van der Waals surface area contributed by atoms with Gasteiger partial charge in [0.1, 0.15) is 0 Å². The van der Waals surface area contributed by atoms with Gasteiger partial charge in [0.05, 0.1) is 4.90 Å². The van der Waals surface area contributed by atoms with E-state index in [1.54, 1.807) is 12.1 Å². The fourth-order valence-electron chi connectivity index (χ4n) is 3.49. The van der Waals surface area contributed by atoms with Crippen molar-refractivity contribution in [1.82, 2.24) is 0 Å². The fourth-order valence-corrected chi connectivity index (χ4v) is 4.01. The summed E-state index contributed by atoms with van der Waals surface area (Å²) in [6.07, 6.45) is 4.56. The highest BCUT2D eigenvalue weighted by Crippen LogP contribution is 2.44. The van der Waals surface area contributed by atoms with Crippen LogP contribution in [0.25, 0.3) is 0 Å². The standard InChI is InChI=1S/C17H26O3S/c1-12-5-10-15(21(18,19)20)11-16(12)13-6-8-14(9-7-13)17(2,3)4/h5,10-11,13-14H,6-9H2,1-4H3,(H,18,19,20). The number of hydrogen-bond acceptors (Lipinski definition) is 2. The molecule has 1 N–H and O–H groups in total. The predicted octanol–water partition coefficient (Wildman–Crippen LogP) is 4.56. The molecule has 3 nitrogen and oxygen atoms in total. The van der Waals surface area contributed by atoms with Crippen molar-refractivity contribution in [2.45, 2.75) is 64.2 Å². The van der Waals surface area contributed by atoms with E-state index >= 15 is 0 Å². The normalized spacial score (nSPS) is 24.0. The van der Waals surface area contributed by atoms with Crippen LogP contribution in [-0.2, 0) is 10.1 Å². The molecule has 0 unspecified atom stereocenters. The van der Waals surface area contributed by atoms with E-state index in [0.29, 0.717) is 11.3 Å². The molecule has 0 radical (unpaired) electrons. The Morgan fingerprint density at radius 1 is 1.10 bits per heavy atom. The van der Waals surface area contributed by atoms with Gasteiger partial charge in [0.25, 0.3) is 10.1 Å². The number of hydrogen-bond donors (Lipinski definition) is 1. The summed E-state index contributed by atoms with van der Waals surface area (Å²) in [6.45, 7) is 8.89. The minimum absolute atomic E-state index is 0.0149. The monoisotopic (exact) mass is 310 g/mol. The molecule has 1 saturated carbocycles. The summed E-state index contributed by atoms with van der Waals surface area (Å²) in [5.41, 5.74) is 2.54. The highest BCUT2D eigenvalue weighted by atomic mass is 32.2. The molecule has 21 heavy (non-hydrogen) atoms. The molecule has 118 valence electrons. The molecule has 1 fully saturated rings. The van der Waals surface area contributed by atoms with Gasteiger partial charge in [-0.1, -0.05) is 26.8 Å². The zero-order valence-electron chi connectivity index (χ0n) is 13.4. The molecule has 2 rings (SSSR count). The van der Waals surface area contributed by atoms with Gasteiger partial charge < -0.3 is 0 Å². The van der Waals surface area contributed by atoms with Crippen molar-refractivity contribution in [3.8, 4) is 0 Å². The first-order valence-electron chi connectivity index (χ1n) is 7.67. The second-order valence-corrected chi connectivity index (χ2v) is 8.83. The van der Waals surface area contributed by atoms with Crippen LogP contribution in [0.3, 0.4) is 0 Å². The van der Waals surface area contributed by atoms with Gasteiger partial charge >= 0.3 is 0 Å². The van der Waals surface area contributed by atoms with Crippen LogP contribution in [0.2, 0.25) is 0 Å². The van der Waals surface area contributed by atoms with Crippen LogP contribution >= 0.6 is 0 Å². The maximum atomic E-state index is 11.3. The second-order valence-electron chi connectivity index (χ2n) is 7.41. The summed E-state index contributed by atoms with van der Waals surface area (Å²) >= 11 is 0. The summed E-state index contributed by atoms with van der Waals surface area (Å²) in [7, 11) is -4.11. The van der Waals surface area contributed by atoms with E-state index in [-0.39, 0.29) is 4.90 Å². The lowest BCUT2D eigenvalue weighted by atomic mass is 9.68. The second kappa shape index (κ2) is 5.73. The van der Waals surface area contributed by atoms with Crippen LogP contribution in [0.1, 0.15) is 63.5 Å². The Morgan fingerprint density at radius 3 is 2.14 bits per heavy atom. The largest absolute Gasteiger partial charge is 0.294 e. The van der Waals surface area contributed by atoms with Gasteiger partial charge in [-0.2, -0.15) is 8.42 Å². The van der Waals surface area contributed by atoms with Crippen molar-refractivity contribution >= 4 is 10.1 Å². The van der Waals surface area contributed by atoms with Gasteiger partial charge in [0, 0.05) is 0 Å². The zero-order valence-corrected chi connectivity index (χ0v) is 14.2. The van der Waals surface area contributed by atoms with Crippen LogP contribution < -0.4 is 0 Å². The highest BCUT2D eigenvalue weighted by Gasteiger charge is 2.31. The van der Waals surface area contributed by atoms with E-state index in [2.05, 4.69) is 20.8 Å². The molecule has 1 aliphatic rings. The minimum atomic E-state index is -4.11. The van der Waals surface area contributed by atoms with Gasteiger partial charge in [0.2, 0.25) is 0 Å². The van der Waals surface area contributed by atoms with Crippen LogP contribution in [0.15, 0.2) is 23.1 Å². The molecule has 4 heteroatoms. The predicted molar refractivity (Wildman–Crippen MR) is 85.1 cm³/mol. The lowest BCUT2D eigenvalue weighted by molar-refractivity contribution is 0.169. The molecule has 0 atom stereocenters. The Labute approximate surface area is 128 Å². The Balaban J connectivity index is 2.21. The van der Waals surface area contributed by atoms with Gasteiger partial charge in [0.15, 0.2) is 0 Å². The van der Waals surface area contributed by atoms with Crippen molar-refractivity contribution < 1.29 is 13.0 Å². The summed E-state index contributed by atoms with van der Waals surface area (Å²) in [5.74, 6) is 1.14. The van der Waals surface area contributed by atoms with Crippen molar-refractivity contribution in [2.24, 2.45) is 11.3 Å². The van der Waals surface area contributed by atoms with E-state index in [1.807, 2.05) is 6.92 Å². The topological polar surface area (TPSA) is 54.4 Å². The number of benzene rings is 1. The molecule has 0 bridgehead atoms. The van der Waals surface area contributed by atoms with E-state index in [4.69, 9.17) is 0 Å². The van der Waals surface area contributed by atoms with Crippen LogP contribution in [0.5, 0.6) is 0 Å². The van der Waals surface area contributed by atoms with Crippen molar-refractivity contribution in [3.63, 3.8) is 0 Å². The van der Waals surface area contributed by atoms with E-state index in [0.717, 1.165) is 29.9 Å². The van der Waals surface area contributed by atoms with Gasteiger partial charge in [-0.05, 0) is 73.1 Å². The third-order valence-electron chi connectivity index (χ3n) is 4.94. The Morgan fingerprint density at radius 2 is 1.67 bits per heavy atom. The Kier molecular flexibility index (Phi) is 4.50. The van der Waals surface area contributed by atoms with Gasteiger partial charge in [-0.15, -0.1) is 0 Å². The van der Waals surface area contributed by atoms with E-state index < -0.39 is 10.1 Å². The smallest absolute Gasteiger partial charge is 0.282 e. The molecule has 1 aromatic carbocycles. The van der Waals surface area contributed by atoms with Crippen LogP contribution in [-0.4, -0.2) is 13.0 Å². The first-order chi connectivity index (χ1) is 9.59. The van der Waals surface area contributed by atoms with E-state index in [1.165, 1.54) is 18.9 Å². The summed E-state index contributed by atoms with van der Waals surface area (Å²) < 4.78 is 31.9. The third kappa shape index (κ3) is 3.86. The summed E-state index contributed by atoms with van der Waals surface area (Å²) in [4.78, 5) is 0.0149. The molecular formula is C17H26O3S. The molecule has 0 aliphatic heterocycles. The van der Waals surface area contributed by atoms with Crippen LogP contribution in [0, 0.1) is 18.3 Å². The van der Waals surface area contributed by atoms with Crippen LogP contribution in [0.4, 0.5) is 0 Å². The quantitative estimate of drug-likeness (QED) is 0.815. The SMILES string of the molecule is Cc1ccc(S(=O)(=O)O)cc1C1CCC(C(C)(C)C)CC1. The highest BCUT2D eigenvalue weighted by molar-refractivity contribution is 7.85. The number of aryl methyl sites for hydroxylation is 1. The molecule has 0 spiro atoms. The van der Waals surface area contributed by atoms with Crippen molar-refractivity contribution in [2.75, 3.05) is 0 Å². The maximum absolute atomic E-state index is 11.3. The number of rotatable bonds is 2. The van der Waals surface area contributed by atoms with Gasteiger partial charge in [-0.25, -0.2) is 0 Å². The van der Waals surface area contributed by atoms with E-state index in [9.17, 15) is 13.0 Å². The first kappa shape index (κ1) is 16.5. The summed E-state index contributed by atoms with van der Waals surface area (Å²) in [6, 6.07) is 4.94. The molecule has 0 heterocycles. The maximum Gasteiger partial charge on any atom is 0.294 e. The summed E-state index contributed by atoms with van der Waals surface area (Å²) in [5, 5.41) is 0. The lowest BCUT2D eigenvalue weighted by Crippen LogP contribution is -2.25. The molecule has 0 saturated heterocycles. The third-order valence-corrected chi connectivity index (χ3v) is 5.79. The molecule has 1 aliphatic carbocycles. The average molecular weight is 310 g/mol. The molecule has 0 amide bonds. The van der Waals surface area contributed by atoms with Crippen molar-refractivity contribution in [3.05, 3.63) is 29.3 Å². The fraction of sp³-hybridized carbons (Fsp3) is 0.647. The zero-order chi connectivity index (χ0) is 15.8. The van der Waals surface area contributed by atoms with Crippen molar-refractivity contribution in [1.29, 1.82) is 0 Å². The van der Waals surface area contributed by atoms with Gasteiger partial charge in [-0.3, -0.25) is 4.55 Å². The Hall–Kier alpha value is -0.870. The lowest BCUT2D eigenvalue weighted by Gasteiger charge is -2.37. The first-order valence-corrected chi connectivity index (χ1v) is 9.11. The Bertz CT molecular complexity index is 603. The minimum Gasteiger partial charge on any atom is -0.282 e. The average Bonchev–Trinajstić information content (AvgIpc) is 2.37. The molecule has 0 aromatic heterocycles. The molecule has 1 aromatic rings. The molecular weight excluding hydrogens is 284 g/mol.